The van der Waals surface area contributed by atoms with E-state index in [0.29, 0.717) is 0 Å². The Bertz CT molecular complexity index is 5890. The Balaban J connectivity index is 0.697. The van der Waals surface area contributed by atoms with E-state index in [-0.39, 0.29) is 0 Å². The Labute approximate surface area is 553 Å². The number of rotatable bonds is 8. The molecule has 1 aliphatic carbocycles. The summed E-state index contributed by atoms with van der Waals surface area (Å²) in [6.07, 6.45) is 11.7. The Morgan fingerprint density at radius 3 is 1.56 bits per heavy atom. The molecule has 0 fully saturated rings. The van der Waals surface area contributed by atoms with Crippen molar-refractivity contribution in [1.29, 1.82) is 0 Å². The molecule has 1 aliphatic heterocycles. The van der Waals surface area contributed by atoms with Gasteiger partial charge in [-0.3, -0.25) is 0 Å². The summed E-state index contributed by atoms with van der Waals surface area (Å²) in [5, 5.41) is 13.2. The normalized spacial score (nSPS) is 14.7. The number of thiophene rings is 1. The molecule has 0 spiro atoms. The van der Waals surface area contributed by atoms with Crippen LogP contribution >= 0.6 is 11.3 Å². The van der Waals surface area contributed by atoms with Gasteiger partial charge in [-0.05, 0) is 199 Å². The maximum Gasteiger partial charge on any atom is 0.113 e. The molecule has 16 aromatic rings. The van der Waals surface area contributed by atoms with Crippen LogP contribution in [0.5, 0.6) is 0 Å². The van der Waals surface area contributed by atoms with Crippen LogP contribution < -0.4 is 10.4 Å². The van der Waals surface area contributed by atoms with Crippen molar-refractivity contribution in [2.45, 2.75) is 19.5 Å². The van der Waals surface area contributed by atoms with Gasteiger partial charge in [0, 0.05) is 36.6 Å². The van der Waals surface area contributed by atoms with Crippen LogP contribution in [0.1, 0.15) is 16.7 Å². The van der Waals surface area contributed by atoms with Crippen LogP contribution in [0, 0.1) is 0 Å². The summed E-state index contributed by atoms with van der Waals surface area (Å²) in [5.74, 6) is 0. The van der Waals surface area contributed by atoms with E-state index in [4.69, 9.17) is 0 Å². The van der Waals surface area contributed by atoms with Gasteiger partial charge in [0.15, 0.2) is 0 Å². The van der Waals surface area contributed by atoms with Crippen molar-refractivity contribution in [3.8, 4) is 83.6 Å². The standard InChI is InChI=1S/C91H63NSSi/c1-58-16-5-4-6-17-59-18-7-8-19-68(59)52-82(58)66-40-36-62(37-41-66)60-28-32-64(33-29-60)69-45-50-86-84(53-69)85-54-70(65-34-30-61(31-35-65)63-38-42-67(43-39-63)83-55-71-20-9-10-21-74(71)76-22-11-12-23-77(76)83)46-51-87(85)92(86)73-47-49-80-79-48-44-72(56-89(79)94(2,3)90(80)57-73)75-25-15-26-81-78-24-13-14-27-88(78)93-91(75)81/h4-16,18-57H,1,17H2,2-3H3/b6-4-,16-5-,82-52+. The lowest BCUT2D eigenvalue weighted by Gasteiger charge is -2.21. The zero-order valence-corrected chi connectivity index (χ0v) is 54.2. The molecule has 3 heteroatoms. The number of hydrogen-bond donors (Lipinski definition) is 0. The molecule has 14 aromatic carbocycles. The second kappa shape index (κ2) is 22.3. The first kappa shape index (κ1) is 55.6. The van der Waals surface area contributed by atoms with Gasteiger partial charge in [0.1, 0.15) is 8.07 Å². The zero-order valence-electron chi connectivity index (χ0n) is 52.4. The molecule has 0 radical (unpaired) electrons. The summed E-state index contributed by atoms with van der Waals surface area (Å²) in [4.78, 5) is 0. The topological polar surface area (TPSA) is 4.93 Å². The second-order valence-corrected chi connectivity index (χ2v) is 31.3. The molecular formula is C91H63NSSi. The van der Waals surface area contributed by atoms with E-state index in [1.165, 1.54) is 169 Å². The Morgan fingerprint density at radius 2 is 0.883 bits per heavy atom. The molecule has 2 aliphatic rings. The van der Waals surface area contributed by atoms with Crippen molar-refractivity contribution in [2.75, 3.05) is 0 Å². The average Bonchev–Trinajstić information content (AvgIpc) is 1.56. The van der Waals surface area contributed by atoms with E-state index in [0.717, 1.165) is 23.1 Å². The zero-order chi connectivity index (χ0) is 62.6. The Morgan fingerprint density at radius 1 is 0.362 bits per heavy atom. The van der Waals surface area contributed by atoms with Gasteiger partial charge in [0.05, 0.1) is 11.0 Å². The molecule has 442 valence electrons. The van der Waals surface area contributed by atoms with Gasteiger partial charge in [-0.2, -0.15) is 0 Å². The molecule has 1 nitrogen and oxygen atoms in total. The highest BCUT2D eigenvalue weighted by molar-refractivity contribution is 7.26. The van der Waals surface area contributed by atoms with Crippen molar-refractivity contribution in [1.82, 2.24) is 4.57 Å². The lowest BCUT2D eigenvalue weighted by Crippen LogP contribution is -2.49. The van der Waals surface area contributed by atoms with Gasteiger partial charge in [-0.1, -0.05) is 287 Å². The summed E-state index contributed by atoms with van der Waals surface area (Å²) < 4.78 is 5.23. The summed E-state index contributed by atoms with van der Waals surface area (Å²) in [6, 6.07) is 109. The summed E-state index contributed by atoms with van der Waals surface area (Å²) in [6.45, 7) is 9.60. The van der Waals surface area contributed by atoms with Gasteiger partial charge in [0.2, 0.25) is 0 Å². The smallest absolute Gasteiger partial charge is 0.113 e. The van der Waals surface area contributed by atoms with Crippen molar-refractivity contribution >= 4 is 105 Å². The minimum Gasteiger partial charge on any atom is -0.309 e. The van der Waals surface area contributed by atoms with E-state index < -0.39 is 8.07 Å². The lowest BCUT2D eigenvalue weighted by molar-refractivity contribution is 1.18. The van der Waals surface area contributed by atoms with Crippen LogP contribution in [-0.2, 0) is 6.42 Å². The van der Waals surface area contributed by atoms with Gasteiger partial charge in [-0.15, -0.1) is 11.3 Å². The SMILES string of the molecule is C=C1/C=C\C=C/Cc2ccccc2/C=C\1c1ccc(-c2ccc(-c3ccc4c(c3)c3cc(-c5ccc(-c6ccc(-c7cc8ccccc8c8ccccc78)cc6)cc5)ccc3n4-c3ccc4c(c3)[Si](C)(C)c3cc(-c5cccc6c5sc5ccccc56)ccc3-4)cc2)cc1. The molecule has 18 rings (SSSR count). The number of fused-ring (bicyclic) bond motifs is 13. The highest BCUT2D eigenvalue weighted by Gasteiger charge is 2.38. The third kappa shape index (κ3) is 9.33. The van der Waals surface area contributed by atoms with Gasteiger partial charge in [-0.25, -0.2) is 0 Å². The number of benzene rings is 14. The van der Waals surface area contributed by atoms with Crippen LogP contribution in [0.25, 0.3) is 159 Å². The summed E-state index contributed by atoms with van der Waals surface area (Å²) >= 11 is 1.91. The van der Waals surface area contributed by atoms with Gasteiger partial charge >= 0.3 is 0 Å². The predicted octanol–water partition coefficient (Wildman–Crippen LogP) is 24.0. The second-order valence-electron chi connectivity index (χ2n) is 26.0. The molecular weight excluding hydrogens is 1170 g/mol. The minimum atomic E-state index is -2.18. The van der Waals surface area contributed by atoms with Crippen LogP contribution in [-0.4, -0.2) is 12.6 Å². The highest BCUT2D eigenvalue weighted by atomic mass is 32.1. The van der Waals surface area contributed by atoms with Crippen molar-refractivity contribution in [2.24, 2.45) is 0 Å². The quantitative estimate of drug-likeness (QED) is 0.106. The maximum atomic E-state index is 4.50. The van der Waals surface area contributed by atoms with E-state index in [1.807, 2.05) is 11.3 Å². The maximum absolute atomic E-state index is 4.50. The van der Waals surface area contributed by atoms with Crippen molar-refractivity contribution < 1.29 is 0 Å². The third-order valence-electron chi connectivity index (χ3n) is 20.2. The molecule has 0 bridgehead atoms. The number of allylic oxidation sites excluding steroid dienone is 6. The van der Waals surface area contributed by atoms with Crippen LogP contribution in [0.15, 0.2) is 328 Å². The molecule has 0 atom stereocenters. The van der Waals surface area contributed by atoms with Crippen LogP contribution in [0.2, 0.25) is 13.1 Å². The summed E-state index contributed by atoms with van der Waals surface area (Å²) in [5.41, 5.74) is 26.7. The molecule has 0 amide bonds. The monoisotopic (exact) mass is 1230 g/mol. The average molecular weight is 1230 g/mol. The van der Waals surface area contributed by atoms with Crippen molar-refractivity contribution in [3.05, 3.63) is 344 Å². The van der Waals surface area contributed by atoms with Gasteiger partial charge in [0.25, 0.3) is 0 Å². The third-order valence-corrected chi connectivity index (χ3v) is 25.0. The van der Waals surface area contributed by atoms with E-state index >= 15 is 0 Å². The molecule has 0 N–H and O–H groups in total. The fourth-order valence-electron chi connectivity index (χ4n) is 15.3. The first-order valence-corrected chi connectivity index (χ1v) is 36.5. The molecule has 3 heterocycles. The highest BCUT2D eigenvalue weighted by Crippen LogP contribution is 2.44. The van der Waals surface area contributed by atoms with Crippen LogP contribution in [0.3, 0.4) is 0 Å². The number of nitrogens with zero attached hydrogens (tertiary/aromatic N) is 1. The van der Waals surface area contributed by atoms with E-state index in [1.54, 1.807) is 0 Å². The predicted molar refractivity (Wildman–Crippen MR) is 409 cm³/mol. The molecule has 0 saturated carbocycles. The van der Waals surface area contributed by atoms with Gasteiger partial charge < -0.3 is 4.57 Å². The fraction of sp³-hybridized carbons (Fsp3) is 0.0330. The first-order valence-electron chi connectivity index (χ1n) is 32.7. The van der Waals surface area contributed by atoms with E-state index in [9.17, 15) is 0 Å². The van der Waals surface area contributed by atoms with Crippen molar-refractivity contribution in [3.63, 3.8) is 0 Å². The Hall–Kier alpha value is -11.2. The fourth-order valence-corrected chi connectivity index (χ4v) is 19.6. The minimum absolute atomic E-state index is 0.892. The van der Waals surface area contributed by atoms with E-state index in [2.05, 4.69) is 346 Å². The summed E-state index contributed by atoms with van der Waals surface area (Å²) in [7, 11) is -2.18. The van der Waals surface area contributed by atoms with Crippen LogP contribution in [0.4, 0.5) is 0 Å². The Kier molecular flexibility index (Phi) is 13.2. The molecule has 0 unspecified atom stereocenters. The molecule has 0 saturated heterocycles. The molecule has 94 heavy (non-hydrogen) atoms. The number of aromatic nitrogens is 1. The largest absolute Gasteiger partial charge is 0.309 e. The number of hydrogen-bond acceptors (Lipinski definition) is 1. The first-order chi connectivity index (χ1) is 46.2. The molecule has 2 aromatic heterocycles. The lowest BCUT2D eigenvalue weighted by atomic mass is 9.92.